The van der Waals surface area contributed by atoms with E-state index in [1.807, 2.05) is 0 Å². The lowest BCUT2D eigenvalue weighted by Crippen LogP contribution is -2.31. The molecule has 1 saturated heterocycles. The molecule has 1 aliphatic heterocycles. The molecule has 16 heavy (non-hydrogen) atoms. The number of nitrogens with zero attached hydrogens (tertiary/aromatic N) is 1. The first kappa shape index (κ1) is 13.9. The van der Waals surface area contributed by atoms with Crippen molar-refractivity contribution in [3.63, 3.8) is 0 Å². The van der Waals surface area contributed by atoms with Gasteiger partial charge in [0.25, 0.3) is 0 Å². The Labute approximate surface area is 101 Å². The molecule has 0 saturated carbocycles. The Morgan fingerprint density at radius 2 is 2.25 bits per heavy atom. The summed E-state index contributed by atoms with van der Waals surface area (Å²) in [5, 5.41) is 3.46. The fourth-order valence-electron chi connectivity index (χ4n) is 2.39. The smallest absolute Gasteiger partial charge is 0.109 e. The van der Waals surface area contributed by atoms with Crippen molar-refractivity contribution in [2.45, 2.75) is 45.3 Å². The zero-order chi connectivity index (χ0) is 11.8. The number of hydrogen-bond acceptors (Lipinski definition) is 3. The molecule has 0 bridgehead atoms. The van der Waals surface area contributed by atoms with E-state index in [1.54, 1.807) is 0 Å². The molecule has 1 fully saturated rings. The van der Waals surface area contributed by atoms with Crippen molar-refractivity contribution in [3.05, 3.63) is 0 Å². The zero-order valence-corrected chi connectivity index (χ0v) is 11.2. The van der Waals surface area contributed by atoms with Gasteiger partial charge >= 0.3 is 0 Å². The first-order chi connectivity index (χ1) is 7.74. The van der Waals surface area contributed by atoms with E-state index in [9.17, 15) is 0 Å². The molecule has 1 aliphatic rings. The van der Waals surface area contributed by atoms with E-state index < -0.39 is 0 Å². The summed E-state index contributed by atoms with van der Waals surface area (Å²) in [6.07, 6.45) is 6.63. The van der Waals surface area contributed by atoms with Crippen molar-refractivity contribution in [2.24, 2.45) is 5.92 Å². The second-order valence-electron chi connectivity index (χ2n) is 5.05. The maximum atomic E-state index is 5.85. The lowest BCUT2D eigenvalue weighted by atomic mass is 9.95. The van der Waals surface area contributed by atoms with Crippen LogP contribution in [0.4, 0.5) is 0 Å². The second-order valence-corrected chi connectivity index (χ2v) is 5.05. The highest BCUT2D eigenvalue weighted by Crippen LogP contribution is 2.16. The van der Waals surface area contributed by atoms with Crippen molar-refractivity contribution in [1.82, 2.24) is 10.2 Å². The Balaban J connectivity index is 2.01. The van der Waals surface area contributed by atoms with Gasteiger partial charge in [-0.1, -0.05) is 6.92 Å². The lowest BCUT2D eigenvalue weighted by Gasteiger charge is -2.25. The Bertz CT molecular complexity index is 167. The van der Waals surface area contributed by atoms with Crippen LogP contribution in [0.15, 0.2) is 0 Å². The summed E-state index contributed by atoms with van der Waals surface area (Å²) >= 11 is 0. The predicted molar refractivity (Wildman–Crippen MR) is 68.5 cm³/mol. The van der Waals surface area contributed by atoms with E-state index in [0.29, 0.717) is 6.23 Å². The average Bonchev–Trinajstić information content (AvgIpc) is 2.30. The van der Waals surface area contributed by atoms with Crippen LogP contribution in [0.5, 0.6) is 0 Å². The van der Waals surface area contributed by atoms with E-state index in [2.05, 4.69) is 31.2 Å². The van der Waals surface area contributed by atoms with Gasteiger partial charge in [0.15, 0.2) is 0 Å². The van der Waals surface area contributed by atoms with Gasteiger partial charge < -0.3 is 10.1 Å². The van der Waals surface area contributed by atoms with Crippen LogP contribution in [0, 0.1) is 5.92 Å². The minimum absolute atomic E-state index is 0.296. The number of rotatable bonds is 7. The summed E-state index contributed by atoms with van der Waals surface area (Å²) < 4.78 is 5.85. The second kappa shape index (κ2) is 8.04. The van der Waals surface area contributed by atoms with Crippen LogP contribution in [0.1, 0.15) is 39.0 Å². The molecule has 0 amide bonds. The van der Waals surface area contributed by atoms with Crippen LogP contribution in [-0.2, 0) is 4.74 Å². The number of ether oxygens (including phenoxy) is 1. The highest BCUT2D eigenvalue weighted by atomic mass is 16.5. The molecule has 0 unspecified atom stereocenters. The average molecular weight is 228 g/mol. The number of piperidine rings is 1. The van der Waals surface area contributed by atoms with Gasteiger partial charge in [0.1, 0.15) is 6.23 Å². The summed E-state index contributed by atoms with van der Waals surface area (Å²) in [6, 6.07) is 0. The highest BCUT2D eigenvalue weighted by molar-refractivity contribution is 4.68. The van der Waals surface area contributed by atoms with Gasteiger partial charge in [-0.2, -0.15) is 0 Å². The molecule has 2 atom stereocenters. The van der Waals surface area contributed by atoms with Gasteiger partial charge in [0, 0.05) is 6.61 Å². The minimum Gasteiger partial charge on any atom is -0.363 e. The minimum atomic E-state index is 0.296. The van der Waals surface area contributed by atoms with Gasteiger partial charge in [-0.15, -0.1) is 0 Å². The largest absolute Gasteiger partial charge is 0.363 e. The Morgan fingerprint density at radius 1 is 1.44 bits per heavy atom. The van der Waals surface area contributed by atoms with Gasteiger partial charge in [-0.3, -0.25) is 4.90 Å². The predicted octanol–water partition coefficient (Wildman–Crippen LogP) is 2.08. The Kier molecular flexibility index (Phi) is 7.01. The fourth-order valence-corrected chi connectivity index (χ4v) is 2.39. The molecular formula is C13H28N2O. The molecule has 1 heterocycles. The molecule has 3 nitrogen and oxygen atoms in total. The summed E-state index contributed by atoms with van der Waals surface area (Å²) in [4.78, 5) is 2.15. The Hall–Kier alpha value is -0.120. The van der Waals surface area contributed by atoms with Crippen LogP contribution >= 0.6 is 0 Å². The van der Waals surface area contributed by atoms with Crippen molar-refractivity contribution in [3.8, 4) is 0 Å². The summed E-state index contributed by atoms with van der Waals surface area (Å²) in [7, 11) is 4.17. The molecule has 3 heteroatoms. The lowest BCUT2D eigenvalue weighted by molar-refractivity contribution is -0.0400. The standard InChI is InChI=1S/C13H28N2O/c1-4-13(15(2)3)16-10-6-8-12-7-5-9-14-11-12/h12-14H,4-11H2,1-3H3/t12-,13-/m1/s1. The SMILES string of the molecule is CC[C@@H](OCCC[C@H]1CCCNC1)N(C)C. The van der Waals surface area contributed by atoms with E-state index >= 15 is 0 Å². The van der Waals surface area contributed by atoms with Crippen LogP contribution in [0.2, 0.25) is 0 Å². The summed E-state index contributed by atoms with van der Waals surface area (Å²) in [5.41, 5.74) is 0. The molecule has 96 valence electrons. The third kappa shape index (κ3) is 5.28. The highest BCUT2D eigenvalue weighted by Gasteiger charge is 2.13. The summed E-state index contributed by atoms with van der Waals surface area (Å²) in [6.45, 7) is 5.51. The fraction of sp³-hybridized carbons (Fsp3) is 1.00. The van der Waals surface area contributed by atoms with Gasteiger partial charge in [0.2, 0.25) is 0 Å². The zero-order valence-electron chi connectivity index (χ0n) is 11.2. The molecule has 0 spiro atoms. The van der Waals surface area contributed by atoms with Crippen molar-refractivity contribution < 1.29 is 4.74 Å². The topological polar surface area (TPSA) is 24.5 Å². The van der Waals surface area contributed by atoms with E-state index in [0.717, 1.165) is 18.9 Å². The quantitative estimate of drug-likeness (QED) is 0.533. The van der Waals surface area contributed by atoms with Crippen LogP contribution in [0.3, 0.4) is 0 Å². The molecule has 1 N–H and O–H groups in total. The first-order valence-electron chi connectivity index (χ1n) is 6.72. The normalized spacial score (nSPS) is 23.6. The number of hydrogen-bond donors (Lipinski definition) is 1. The van der Waals surface area contributed by atoms with E-state index in [4.69, 9.17) is 4.74 Å². The van der Waals surface area contributed by atoms with E-state index in [-0.39, 0.29) is 0 Å². The maximum Gasteiger partial charge on any atom is 0.109 e. The van der Waals surface area contributed by atoms with Gasteiger partial charge in [-0.05, 0) is 65.2 Å². The molecule has 1 rings (SSSR count). The van der Waals surface area contributed by atoms with Crippen LogP contribution < -0.4 is 5.32 Å². The van der Waals surface area contributed by atoms with E-state index in [1.165, 1.54) is 38.8 Å². The molecular weight excluding hydrogens is 200 g/mol. The molecule has 0 aromatic rings. The third-order valence-electron chi connectivity index (χ3n) is 3.39. The van der Waals surface area contributed by atoms with Crippen LogP contribution in [0.25, 0.3) is 0 Å². The third-order valence-corrected chi connectivity index (χ3v) is 3.39. The van der Waals surface area contributed by atoms with Crippen molar-refractivity contribution in [1.29, 1.82) is 0 Å². The van der Waals surface area contributed by atoms with Gasteiger partial charge in [-0.25, -0.2) is 0 Å². The summed E-state index contributed by atoms with van der Waals surface area (Å²) in [5.74, 6) is 0.886. The van der Waals surface area contributed by atoms with Gasteiger partial charge in [0.05, 0.1) is 0 Å². The maximum absolute atomic E-state index is 5.85. The molecule has 0 aliphatic carbocycles. The molecule has 0 aromatic carbocycles. The first-order valence-corrected chi connectivity index (χ1v) is 6.72. The number of nitrogens with one attached hydrogen (secondary N) is 1. The molecule has 0 aromatic heterocycles. The van der Waals surface area contributed by atoms with Crippen molar-refractivity contribution >= 4 is 0 Å². The van der Waals surface area contributed by atoms with Crippen LogP contribution in [-0.4, -0.2) is 44.9 Å². The van der Waals surface area contributed by atoms with Crippen molar-refractivity contribution in [2.75, 3.05) is 33.8 Å². The monoisotopic (exact) mass is 228 g/mol. The Morgan fingerprint density at radius 3 is 2.81 bits per heavy atom. The molecule has 0 radical (unpaired) electrons.